The number of benzene rings is 1. The molecule has 71 valence electrons. The van der Waals surface area contributed by atoms with Crippen molar-refractivity contribution in [2.24, 2.45) is 0 Å². The lowest BCUT2D eigenvalue weighted by Gasteiger charge is -1.98. The zero-order valence-electron chi connectivity index (χ0n) is 7.15. The predicted octanol–water partition coefficient (Wildman–Crippen LogP) is 0.214. The monoisotopic (exact) mass is 191 g/mol. The topological polar surface area (TPSA) is 75.1 Å². The van der Waals surface area contributed by atoms with Crippen LogP contribution in [0.5, 0.6) is 0 Å². The number of hydrogen-bond donors (Lipinski definition) is 2. The number of aromatic amines is 1. The Bertz CT molecular complexity index is 538. The molecule has 0 aliphatic heterocycles. The highest BCUT2D eigenvalue weighted by Crippen LogP contribution is 2.07. The molecule has 0 aliphatic carbocycles. The smallest absolute Gasteiger partial charge is 0.325 e. The Hall–Kier alpha value is -2.04. The van der Waals surface area contributed by atoms with E-state index in [1.165, 1.54) is 4.68 Å². The minimum absolute atomic E-state index is 0.253. The highest BCUT2D eigenvalue weighted by atomic mass is 16.4. The molecule has 0 saturated carbocycles. The lowest BCUT2D eigenvalue weighted by Crippen LogP contribution is -2.12. The van der Waals surface area contributed by atoms with Crippen LogP contribution in [0.2, 0.25) is 0 Å². The molecule has 2 N–H and O–H groups in total. The number of rotatable bonds is 2. The molecule has 0 fully saturated rings. The van der Waals surface area contributed by atoms with Gasteiger partial charge in [-0.25, -0.2) is 0 Å². The van der Waals surface area contributed by atoms with Crippen molar-refractivity contribution < 1.29 is 9.90 Å². The van der Waals surface area contributed by atoms with Crippen molar-refractivity contribution in [3.05, 3.63) is 34.6 Å². The predicted molar refractivity (Wildman–Crippen MR) is 49.0 cm³/mol. The van der Waals surface area contributed by atoms with Crippen molar-refractivity contribution in [1.29, 1.82) is 0 Å². The van der Waals surface area contributed by atoms with E-state index >= 15 is 0 Å². The van der Waals surface area contributed by atoms with E-state index in [1.54, 1.807) is 18.2 Å². The van der Waals surface area contributed by atoms with Crippen LogP contribution in [0, 0.1) is 6.07 Å². The number of carboxylic acids is 1. The molecule has 0 unspecified atom stereocenters. The third kappa shape index (κ3) is 1.28. The summed E-state index contributed by atoms with van der Waals surface area (Å²) >= 11 is 0. The minimum Gasteiger partial charge on any atom is -0.480 e. The van der Waals surface area contributed by atoms with E-state index in [1.807, 2.05) is 0 Å². The molecule has 0 spiro atoms. The van der Waals surface area contributed by atoms with Crippen LogP contribution in [0.3, 0.4) is 0 Å². The van der Waals surface area contributed by atoms with E-state index < -0.39 is 5.97 Å². The number of fused-ring (bicyclic) bond motifs is 1. The summed E-state index contributed by atoms with van der Waals surface area (Å²) in [5.41, 5.74) is 0.273. The van der Waals surface area contributed by atoms with Gasteiger partial charge in [0.1, 0.15) is 6.54 Å². The number of H-pyrrole nitrogens is 1. The van der Waals surface area contributed by atoms with Crippen LogP contribution in [0.15, 0.2) is 23.0 Å². The van der Waals surface area contributed by atoms with E-state index in [2.05, 4.69) is 11.2 Å². The molecule has 5 nitrogen and oxygen atoms in total. The van der Waals surface area contributed by atoms with Crippen molar-refractivity contribution in [3.8, 4) is 0 Å². The summed E-state index contributed by atoms with van der Waals surface area (Å²) in [6.07, 6.45) is 0. The number of nitrogens with one attached hydrogen (secondary N) is 1. The molecule has 0 atom stereocenters. The number of hydrogen-bond acceptors (Lipinski definition) is 2. The summed E-state index contributed by atoms with van der Waals surface area (Å²) < 4.78 is 1.29. The van der Waals surface area contributed by atoms with Crippen LogP contribution in [-0.2, 0) is 11.3 Å². The first-order chi connectivity index (χ1) is 6.68. The van der Waals surface area contributed by atoms with Crippen molar-refractivity contribution in [2.45, 2.75) is 6.54 Å². The average molecular weight is 191 g/mol. The molecule has 0 aliphatic rings. The van der Waals surface area contributed by atoms with Crippen LogP contribution >= 0.6 is 0 Å². The fraction of sp³-hybridized carbons (Fsp3) is 0.111. The second-order valence-electron chi connectivity index (χ2n) is 2.86. The molecular formula is C9H7N2O3. The molecule has 1 radical (unpaired) electrons. The normalized spacial score (nSPS) is 10.6. The van der Waals surface area contributed by atoms with Gasteiger partial charge in [-0.1, -0.05) is 6.07 Å². The molecule has 2 aromatic rings. The van der Waals surface area contributed by atoms with E-state index in [0.717, 1.165) is 0 Å². The maximum Gasteiger partial charge on any atom is 0.325 e. The molecule has 0 saturated heterocycles. The standard InChI is InChI=1S/C9H7N2O3/c12-8(13)5-11-7-4-2-1-3-6(7)9(14)10-11/h1,3-4H,5H2,(H,10,14)(H,12,13). The number of carboxylic acid groups (broad SMARTS) is 1. The molecule has 0 bridgehead atoms. The van der Waals surface area contributed by atoms with Gasteiger partial charge in [0.05, 0.1) is 10.9 Å². The van der Waals surface area contributed by atoms with Gasteiger partial charge in [0, 0.05) is 0 Å². The second kappa shape index (κ2) is 3.02. The van der Waals surface area contributed by atoms with E-state index in [4.69, 9.17) is 5.11 Å². The van der Waals surface area contributed by atoms with E-state index in [-0.39, 0.29) is 12.1 Å². The Balaban J connectivity index is 2.66. The fourth-order valence-electron chi connectivity index (χ4n) is 1.34. The Morgan fingerprint density at radius 3 is 3.14 bits per heavy atom. The number of aliphatic carboxylic acids is 1. The summed E-state index contributed by atoms with van der Waals surface area (Å²) in [6.45, 7) is -0.253. The number of nitrogens with zero attached hydrogens (tertiary/aromatic N) is 1. The summed E-state index contributed by atoms with van der Waals surface area (Å²) in [5, 5.41) is 11.5. The fourth-order valence-corrected chi connectivity index (χ4v) is 1.34. The van der Waals surface area contributed by atoms with Crippen LogP contribution in [0.1, 0.15) is 0 Å². The van der Waals surface area contributed by atoms with Gasteiger partial charge in [0.15, 0.2) is 0 Å². The summed E-state index contributed by atoms with van der Waals surface area (Å²) in [7, 11) is 0. The van der Waals surface area contributed by atoms with E-state index in [0.29, 0.717) is 10.9 Å². The minimum atomic E-state index is -0.998. The van der Waals surface area contributed by atoms with Gasteiger partial charge in [-0.05, 0) is 18.2 Å². The third-order valence-electron chi connectivity index (χ3n) is 1.91. The SMILES string of the molecule is O=C(O)Cn1[nH]c(=O)c2cc[c]cc21. The summed E-state index contributed by atoms with van der Waals surface area (Å²) in [6, 6.07) is 7.59. The maximum atomic E-state index is 11.3. The van der Waals surface area contributed by atoms with Crippen molar-refractivity contribution in [1.82, 2.24) is 9.78 Å². The summed E-state index contributed by atoms with van der Waals surface area (Å²) in [4.78, 5) is 21.8. The second-order valence-corrected chi connectivity index (χ2v) is 2.86. The van der Waals surface area contributed by atoms with Gasteiger partial charge in [-0.2, -0.15) is 0 Å². The first-order valence-corrected chi connectivity index (χ1v) is 3.99. The van der Waals surface area contributed by atoms with Crippen molar-refractivity contribution in [2.75, 3.05) is 0 Å². The first kappa shape index (κ1) is 8.55. The summed E-state index contributed by atoms with van der Waals surface area (Å²) in [5.74, 6) is -0.998. The van der Waals surface area contributed by atoms with Gasteiger partial charge >= 0.3 is 5.97 Å². The maximum absolute atomic E-state index is 11.3. The molecule has 1 aromatic carbocycles. The molecule has 1 aromatic heterocycles. The molecule has 1 heterocycles. The molecule has 0 amide bonds. The van der Waals surface area contributed by atoms with E-state index in [9.17, 15) is 9.59 Å². The molecular weight excluding hydrogens is 184 g/mol. The van der Waals surface area contributed by atoms with Crippen LogP contribution in [0.4, 0.5) is 0 Å². The average Bonchev–Trinajstić information content (AvgIpc) is 2.44. The van der Waals surface area contributed by atoms with Crippen LogP contribution < -0.4 is 5.56 Å². The quantitative estimate of drug-likeness (QED) is 0.712. The van der Waals surface area contributed by atoms with Crippen molar-refractivity contribution >= 4 is 16.9 Å². The molecule has 5 heteroatoms. The molecule has 14 heavy (non-hydrogen) atoms. The van der Waals surface area contributed by atoms with Gasteiger partial charge < -0.3 is 5.11 Å². The number of aromatic nitrogens is 2. The Morgan fingerprint density at radius 2 is 2.43 bits per heavy atom. The van der Waals surface area contributed by atoms with Crippen molar-refractivity contribution in [3.63, 3.8) is 0 Å². The Morgan fingerprint density at radius 1 is 1.64 bits per heavy atom. The first-order valence-electron chi connectivity index (χ1n) is 3.99. The van der Waals surface area contributed by atoms with Crippen LogP contribution in [-0.4, -0.2) is 20.9 Å². The highest BCUT2D eigenvalue weighted by Gasteiger charge is 2.07. The lowest BCUT2D eigenvalue weighted by molar-refractivity contribution is -0.137. The highest BCUT2D eigenvalue weighted by molar-refractivity contribution is 5.79. The lowest BCUT2D eigenvalue weighted by atomic mass is 10.2. The van der Waals surface area contributed by atoms with Gasteiger partial charge in [-0.3, -0.25) is 19.4 Å². The zero-order valence-corrected chi connectivity index (χ0v) is 7.15. The zero-order chi connectivity index (χ0) is 10.1. The Kier molecular flexibility index (Phi) is 1.85. The van der Waals surface area contributed by atoms with Gasteiger partial charge in [-0.15, -0.1) is 0 Å². The Labute approximate surface area is 78.6 Å². The number of carbonyl (C=O) groups is 1. The molecule has 2 rings (SSSR count). The van der Waals surface area contributed by atoms with Gasteiger partial charge in [0.2, 0.25) is 0 Å². The van der Waals surface area contributed by atoms with Gasteiger partial charge in [0.25, 0.3) is 5.56 Å². The third-order valence-corrected chi connectivity index (χ3v) is 1.91. The largest absolute Gasteiger partial charge is 0.480 e. The van der Waals surface area contributed by atoms with Crippen LogP contribution in [0.25, 0.3) is 10.9 Å².